The van der Waals surface area contributed by atoms with E-state index in [4.69, 9.17) is 0 Å². The topological polar surface area (TPSA) is 52.7 Å². The van der Waals surface area contributed by atoms with Crippen molar-refractivity contribution in [3.05, 3.63) is 0 Å². The third-order valence-corrected chi connectivity index (χ3v) is 3.22. The van der Waals surface area contributed by atoms with Gasteiger partial charge in [-0.1, -0.05) is 0 Å². The molecule has 1 N–H and O–H groups in total. The molecule has 0 aromatic rings. The number of likely N-dealkylation sites (tertiary alicyclic amines) is 1. The number of rotatable bonds is 2. The zero-order valence-electron chi connectivity index (χ0n) is 9.74. The SMILES string of the molecule is C[C@H]1CN(C(=O)CN2CCCC2=O)CCN1. The maximum absolute atomic E-state index is 11.9. The molecule has 5 nitrogen and oxygen atoms in total. The van der Waals surface area contributed by atoms with Gasteiger partial charge in [-0.15, -0.1) is 0 Å². The second-order valence-corrected chi connectivity index (χ2v) is 4.61. The molecule has 2 aliphatic heterocycles. The van der Waals surface area contributed by atoms with E-state index in [-0.39, 0.29) is 18.4 Å². The van der Waals surface area contributed by atoms with Crippen molar-refractivity contribution in [1.82, 2.24) is 15.1 Å². The van der Waals surface area contributed by atoms with Crippen LogP contribution < -0.4 is 5.32 Å². The first-order chi connectivity index (χ1) is 7.66. The van der Waals surface area contributed by atoms with Gasteiger partial charge >= 0.3 is 0 Å². The highest BCUT2D eigenvalue weighted by atomic mass is 16.2. The predicted octanol–water partition coefficient (Wildman–Crippen LogP) is -0.571. The van der Waals surface area contributed by atoms with Gasteiger partial charge in [0.25, 0.3) is 0 Å². The van der Waals surface area contributed by atoms with Crippen LogP contribution in [0.15, 0.2) is 0 Å². The van der Waals surface area contributed by atoms with Gasteiger partial charge in [-0.05, 0) is 13.3 Å². The summed E-state index contributed by atoms with van der Waals surface area (Å²) in [7, 11) is 0. The van der Waals surface area contributed by atoms with Crippen molar-refractivity contribution >= 4 is 11.8 Å². The number of hydrogen-bond acceptors (Lipinski definition) is 3. The highest BCUT2D eigenvalue weighted by molar-refractivity contribution is 5.85. The molecule has 0 aromatic heterocycles. The number of nitrogens with one attached hydrogen (secondary N) is 1. The summed E-state index contributed by atoms with van der Waals surface area (Å²) in [5, 5.41) is 3.29. The molecule has 0 unspecified atom stereocenters. The zero-order chi connectivity index (χ0) is 11.5. The summed E-state index contributed by atoms with van der Waals surface area (Å²) in [6.07, 6.45) is 1.50. The Morgan fingerprint density at radius 2 is 2.31 bits per heavy atom. The van der Waals surface area contributed by atoms with Gasteiger partial charge in [-0.3, -0.25) is 9.59 Å². The van der Waals surface area contributed by atoms with E-state index in [2.05, 4.69) is 12.2 Å². The average molecular weight is 225 g/mol. The van der Waals surface area contributed by atoms with Crippen molar-refractivity contribution in [3.8, 4) is 0 Å². The number of carbonyl (C=O) groups is 2. The van der Waals surface area contributed by atoms with E-state index in [0.717, 1.165) is 32.6 Å². The zero-order valence-corrected chi connectivity index (χ0v) is 9.74. The molecule has 2 rings (SSSR count). The molecule has 16 heavy (non-hydrogen) atoms. The Balaban J connectivity index is 1.85. The molecular formula is C11H19N3O2. The van der Waals surface area contributed by atoms with Gasteiger partial charge in [0.2, 0.25) is 11.8 Å². The van der Waals surface area contributed by atoms with Crippen molar-refractivity contribution in [2.24, 2.45) is 0 Å². The highest BCUT2D eigenvalue weighted by Crippen LogP contribution is 2.10. The van der Waals surface area contributed by atoms with Crippen LogP contribution in [0.4, 0.5) is 0 Å². The quantitative estimate of drug-likeness (QED) is 0.684. The Labute approximate surface area is 95.8 Å². The number of piperazine rings is 1. The Morgan fingerprint density at radius 1 is 1.50 bits per heavy atom. The van der Waals surface area contributed by atoms with Gasteiger partial charge in [0.15, 0.2) is 0 Å². The van der Waals surface area contributed by atoms with E-state index in [9.17, 15) is 9.59 Å². The van der Waals surface area contributed by atoms with Crippen molar-refractivity contribution in [3.63, 3.8) is 0 Å². The van der Waals surface area contributed by atoms with Gasteiger partial charge in [-0.25, -0.2) is 0 Å². The molecule has 0 radical (unpaired) electrons. The lowest BCUT2D eigenvalue weighted by atomic mass is 10.2. The molecule has 0 spiro atoms. The fraction of sp³-hybridized carbons (Fsp3) is 0.818. The molecule has 2 aliphatic rings. The summed E-state index contributed by atoms with van der Waals surface area (Å²) in [5.74, 6) is 0.208. The fourth-order valence-electron chi connectivity index (χ4n) is 2.29. The maximum atomic E-state index is 11.9. The van der Waals surface area contributed by atoms with Crippen molar-refractivity contribution in [2.75, 3.05) is 32.7 Å². The third-order valence-electron chi connectivity index (χ3n) is 3.22. The fourth-order valence-corrected chi connectivity index (χ4v) is 2.29. The van der Waals surface area contributed by atoms with E-state index in [1.165, 1.54) is 0 Å². The van der Waals surface area contributed by atoms with Gasteiger partial charge in [0.05, 0.1) is 6.54 Å². The van der Waals surface area contributed by atoms with Crippen LogP contribution >= 0.6 is 0 Å². The minimum absolute atomic E-state index is 0.0867. The van der Waals surface area contributed by atoms with Crippen molar-refractivity contribution in [2.45, 2.75) is 25.8 Å². The monoisotopic (exact) mass is 225 g/mol. The number of hydrogen-bond donors (Lipinski definition) is 1. The smallest absolute Gasteiger partial charge is 0.242 e. The molecule has 0 aliphatic carbocycles. The van der Waals surface area contributed by atoms with Crippen LogP contribution in [0.25, 0.3) is 0 Å². The van der Waals surface area contributed by atoms with Crippen LogP contribution in [0.1, 0.15) is 19.8 Å². The van der Waals surface area contributed by atoms with Gasteiger partial charge in [-0.2, -0.15) is 0 Å². The molecule has 90 valence electrons. The first kappa shape index (κ1) is 11.4. The lowest BCUT2D eigenvalue weighted by Gasteiger charge is -2.33. The Kier molecular flexibility index (Phi) is 3.43. The average Bonchev–Trinajstić information content (AvgIpc) is 2.64. The van der Waals surface area contributed by atoms with Crippen molar-refractivity contribution < 1.29 is 9.59 Å². The summed E-state index contributed by atoms with van der Waals surface area (Å²) in [6.45, 7) is 5.44. The van der Waals surface area contributed by atoms with E-state index in [1.54, 1.807) is 4.90 Å². The molecule has 2 fully saturated rings. The van der Waals surface area contributed by atoms with E-state index in [0.29, 0.717) is 12.5 Å². The Morgan fingerprint density at radius 3 is 2.94 bits per heavy atom. The highest BCUT2D eigenvalue weighted by Gasteiger charge is 2.26. The maximum Gasteiger partial charge on any atom is 0.242 e. The second kappa shape index (κ2) is 4.82. The Hall–Kier alpha value is -1.10. The van der Waals surface area contributed by atoms with Crippen LogP contribution in [0, 0.1) is 0 Å². The second-order valence-electron chi connectivity index (χ2n) is 4.61. The standard InChI is InChI=1S/C11H19N3O2/c1-9-7-14(6-4-12-9)11(16)8-13-5-2-3-10(13)15/h9,12H,2-8H2,1H3/t9-/m0/s1. The van der Waals surface area contributed by atoms with Gasteiger partial charge < -0.3 is 15.1 Å². The molecule has 0 bridgehead atoms. The number of amides is 2. The molecule has 2 heterocycles. The normalized spacial score (nSPS) is 26.3. The molecule has 2 saturated heterocycles. The van der Waals surface area contributed by atoms with Crippen LogP contribution in [-0.4, -0.2) is 60.4 Å². The van der Waals surface area contributed by atoms with Crippen molar-refractivity contribution in [1.29, 1.82) is 0 Å². The van der Waals surface area contributed by atoms with E-state index < -0.39 is 0 Å². The molecule has 1 atom stereocenters. The minimum atomic E-state index is 0.0867. The molecule has 5 heteroatoms. The first-order valence-electron chi connectivity index (χ1n) is 5.96. The van der Waals surface area contributed by atoms with E-state index >= 15 is 0 Å². The molecule has 0 aromatic carbocycles. The van der Waals surface area contributed by atoms with E-state index in [1.807, 2.05) is 4.90 Å². The summed E-state index contributed by atoms with van der Waals surface area (Å²) in [6, 6.07) is 0.354. The lowest BCUT2D eigenvalue weighted by Crippen LogP contribution is -2.53. The van der Waals surface area contributed by atoms with Crippen LogP contribution in [0.2, 0.25) is 0 Å². The van der Waals surface area contributed by atoms with Crippen LogP contribution in [0.3, 0.4) is 0 Å². The van der Waals surface area contributed by atoms with Crippen LogP contribution in [-0.2, 0) is 9.59 Å². The molecule has 0 saturated carbocycles. The Bertz CT molecular complexity index is 293. The first-order valence-corrected chi connectivity index (χ1v) is 5.96. The summed E-state index contributed by atoms with van der Waals surface area (Å²) in [4.78, 5) is 26.9. The lowest BCUT2D eigenvalue weighted by molar-refractivity contribution is -0.139. The van der Waals surface area contributed by atoms with Crippen LogP contribution in [0.5, 0.6) is 0 Å². The largest absolute Gasteiger partial charge is 0.338 e. The predicted molar refractivity (Wildman–Crippen MR) is 59.9 cm³/mol. The number of nitrogens with zero attached hydrogens (tertiary/aromatic N) is 2. The van der Waals surface area contributed by atoms with Gasteiger partial charge in [0, 0.05) is 38.6 Å². The summed E-state index contributed by atoms with van der Waals surface area (Å²) in [5.41, 5.74) is 0. The van der Waals surface area contributed by atoms with Gasteiger partial charge in [0.1, 0.15) is 0 Å². The summed E-state index contributed by atoms with van der Waals surface area (Å²) < 4.78 is 0. The number of carbonyl (C=O) groups excluding carboxylic acids is 2. The molecule has 2 amide bonds. The third kappa shape index (κ3) is 2.52. The summed E-state index contributed by atoms with van der Waals surface area (Å²) >= 11 is 0. The minimum Gasteiger partial charge on any atom is -0.338 e. The molecular weight excluding hydrogens is 206 g/mol.